The van der Waals surface area contributed by atoms with Crippen LogP contribution in [-0.2, 0) is 0 Å². The molecule has 1 aliphatic rings. The second-order valence-electron chi connectivity index (χ2n) is 5.57. The smallest absolute Gasteiger partial charge is 0.00862 e. The quantitative estimate of drug-likeness (QED) is 0.668. The van der Waals surface area contributed by atoms with Crippen molar-refractivity contribution in [2.75, 3.05) is 0 Å². The molecule has 1 aliphatic carbocycles. The molecule has 0 heteroatoms. The molecule has 0 fully saturated rings. The van der Waals surface area contributed by atoms with E-state index in [0.717, 1.165) is 0 Å². The van der Waals surface area contributed by atoms with Crippen LogP contribution in [-0.4, -0.2) is 0 Å². The first-order valence-electron chi connectivity index (χ1n) is 7.09. The molecule has 0 heterocycles. The number of benzene rings is 1. The van der Waals surface area contributed by atoms with E-state index in [9.17, 15) is 0 Å². The minimum atomic E-state index is 0.579. The van der Waals surface area contributed by atoms with Crippen molar-refractivity contribution in [3.05, 3.63) is 58.7 Å². The summed E-state index contributed by atoms with van der Waals surface area (Å²) < 4.78 is 0. The average molecular weight is 240 g/mol. The maximum atomic E-state index is 2.41. The normalized spacial score (nSPS) is 20.0. The van der Waals surface area contributed by atoms with E-state index in [-0.39, 0.29) is 0 Å². The van der Waals surface area contributed by atoms with Gasteiger partial charge in [-0.3, -0.25) is 0 Å². The van der Waals surface area contributed by atoms with Gasteiger partial charge in [0.15, 0.2) is 0 Å². The number of allylic oxidation sites excluding steroid dienone is 4. The first kappa shape index (κ1) is 13.1. The van der Waals surface area contributed by atoms with Gasteiger partial charge in [-0.25, -0.2) is 0 Å². The van der Waals surface area contributed by atoms with Gasteiger partial charge in [0, 0.05) is 5.92 Å². The monoisotopic (exact) mass is 240 g/mol. The molecule has 1 aromatic carbocycles. The van der Waals surface area contributed by atoms with Crippen molar-refractivity contribution in [1.29, 1.82) is 0 Å². The van der Waals surface area contributed by atoms with Crippen LogP contribution in [0.4, 0.5) is 0 Å². The van der Waals surface area contributed by atoms with Crippen LogP contribution >= 0.6 is 0 Å². The minimum absolute atomic E-state index is 0.579. The first-order valence-corrected chi connectivity index (χ1v) is 7.09. The van der Waals surface area contributed by atoms with Gasteiger partial charge in [0.2, 0.25) is 0 Å². The molecule has 18 heavy (non-hydrogen) atoms. The highest BCUT2D eigenvalue weighted by Crippen LogP contribution is 2.34. The molecule has 2 atom stereocenters. The summed E-state index contributed by atoms with van der Waals surface area (Å²) in [5.74, 6) is 1.18. The summed E-state index contributed by atoms with van der Waals surface area (Å²) in [5, 5.41) is 0. The Balaban J connectivity index is 2.32. The Morgan fingerprint density at radius 2 is 1.94 bits per heavy atom. The van der Waals surface area contributed by atoms with Crippen molar-refractivity contribution in [3.63, 3.8) is 0 Å². The average Bonchev–Trinajstić information content (AvgIpc) is 2.76. The lowest BCUT2D eigenvalue weighted by Gasteiger charge is -2.18. The largest absolute Gasteiger partial charge is 0.0776 e. The fourth-order valence-electron chi connectivity index (χ4n) is 2.71. The molecule has 0 bridgehead atoms. The summed E-state index contributed by atoms with van der Waals surface area (Å²) in [7, 11) is 0. The molecule has 0 radical (unpaired) electrons. The van der Waals surface area contributed by atoms with Crippen LogP contribution in [0.3, 0.4) is 0 Å². The van der Waals surface area contributed by atoms with E-state index in [0.29, 0.717) is 11.8 Å². The second-order valence-corrected chi connectivity index (χ2v) is 5.57. The molecule has 0 nitrogen and oxygen atoms in total. The van der Waals surface area contributed by atoms with Gasteiger partial charge in [-0.15, -0.1) is 0 Å². The third kappa shape index (κ3) is 2.75. The summed E-state index contributed by atoms with van der Waals surface area (Å²) in [4.78, 5) is 0. The van der Waals surface area contributed by atoms with Gasteiger partial charge in [-0.05, 0) is 48.4 Å². The van der Waals surface area contributed by atoms with Crippen LogP contribution < -0.4 is 0 Å². The third-order valence-electron chi connectivity index (χ3n) is 3.96. The summed E-state index contributed by atoms with van der Waals surface area (Å²) >= 11 is 0. The van der Waals surface area contributed by atoms with Gasteiger partial charge in [-0.2, -0.15) is 0 Å². The zero-order chi connectivity index (χ0) is 13.1. The standard InChI is InChI=1S/C18H24/c1-5-6-18(16-9-7-13(2)11-16)17-10-8-14(3)15(4)12-17/h7-13,18H,5-6H2,1-4H3. The highest BCUT2D eigenvalue weighted by Gasteiger charge is 2.17. The molecule has 0 saturated heterocycles. The minimum Gasteiger partial charge on any atom is -0.0776 e. The Labute approximate surface area is 111 Å². The molecule has 0 amide bonds. The van der Waals surface area contributed by atoms with E-state index in [4.69, 9.17) is 0 Å². The second kappa shape index (κ2) is 5.56. The number of hydrogen-bond donors (Lipinski definition) is 0. The molecule has 0 spiro atoms. The maximum absolute atomic E-state index is 2.41. The zero-order valence-corrected chi connectivity index (χ0v) is 12.0. The molecule has 0 saturated carbocycles. The van der Waals surface area contributed by atoms with Crippen LogP contribution in [0.25, 0.3) is 0 Å². The molecule has 96 valence electrons. The Kier molecular flexibility index (Phi) is 4.06. The lowest BCUT2D eigenvalue weighted by molar-refractivity contribution is 0.695. The van der Waals surface area contributed by atoms with Crippen molar-refractivity contribution < 1.29 is 0 Å². The van der Waals surface area contributed by atoms with Crippen molar-refractivity contribution in [2.45, 2.75) is 46.5 Å². The van der Waals surface area contributed by atoms with Gasteiger partial charge in [0.1, 0.15) is 0 Å². The van der Waals surface area contributed by atoms with E-state index in [2.05, 4.69) is 64.1 Å². The first-order chi connectivity index (χ1) is 8.61. The SMILES string of the molecule is CCCC(C1=CC(C)C=C1)c1ccc(C)c(C)c1. The predicted molar refractivity (Wildman–Crippen MR) is 80.0 cm³/mol. The van der Waals surface area contributed by atoms with Crippen molar-refractivity contribution >= 4 is 0 Å². The van der Waals surface area contributed by atoms with Gasteiger partial charge in [0.25, 0.3) is 0 Å². The Bertz CT molecular complexity index is 477. The van der Waals surface area contributed by atoms with Crippen molar-refractivity contribution in [3.8, 4) is 0 Å². The molecular formula is C18H24. The number of aryl methyl sites for hydroxylation is 2. The molecule has 0 N–H and O–H groups in total. The molecule has 0 aromatic heterocycles. The van der Waals surface area contributed by atoms with Gasteiger partial charge < -0.3 is 0 Å². The molecule has 2 unspecified atom stereocenters. The summed E-state index contributed by atoms with van der Waals surface area (Å²) in [6, 6.07) is 6.93. The predicted octanol–water partition coefficient (Wildman–Crippen LogP) is 5.32. The third-order valence-corrected chi connectivity index (χ3v) is 3.96. The van der Waals surface area contributed by atoms with Crippen molar-refractivity contribution in [2.24, 2.45) is 5.92 Å². The fourth-order valence-corrected chi connectivity index (χ4v) is 2.71. The Hall–Kier alpha value is -1.30. The van der Waals surface area contributed by atoms with Crippen LogP contribution in [0.5, 0.6) is 0 Å². The van der Waals surface area contributed by atoms with Crippen LogP contribution in [0.2, 0.25) is 0 Å². The lowest BCUT2D eigenvalue weighted by Crippen LogP contribution is -2.01. The Morgan fingerprint density at radius 1 is 1.17 bits per heavy atom. The van der Waals surface area contributed by atoms with Crippen LogP contribution in [0.1, 0.15) is 49.3 Å². The lowest BCUT2D eigenvalue weighted by atomic mass is 9.86. The van der Waals surface area contributed by atoms with Gasteiger partial charge in [0.05, 0.1) is 0 Å². The fraction of sp³-hybridized carbons (Fsp3) is 0.444. The molecule has 1 aromatic rings. The maximum Gasteiger partial charge on any atom is 0.00862 e. The van der Waals surface area contributed by atoms with E-state index >= 15 is 0 Å². The number of rotatable bonds is 4. The van der Waals surface area contributed by atoms with Crippen molar-refractivity contribution in [1.82, 2.24) is 0 Å². The molecule has 0 aliphatic heterocycles. The van der Waals surface area contributed by atoms with Crippen LogP contribution in [0.15, 0.2) is 42.0 Å². The molecular weight excluding hydrogens is 216 g/mol. The van der Waals surface area contributed by atoms with E-state index < -0.39 is 0 Å². The van der Waals surface area contributed by atoms with E-state index in [1.54, 1.807) is 0 Å². The highest BCUT2D eigenvalue weighted by molar-refractivity contribution is 5.42. The summed E-state index contributed by atoms with van der Waals surface area (Å²) in [5.41, 5.74) is 5.78. The van der Waals surface area contributed by atoms with E-state index in [1.807, 2.05) is 0 Å². The summed E-state index contributed by atoms with van der Waals surface area (Å²) in [6.45, 7) is 8.93. The van der Waals surface area contributed by atoms with Crippen LogP contribution in [0, 0.1) is 19.8 Å². The summed E-state index contributed by atoms with van der Waals surface area (Å²) in [6.07, 6.45) is 9.51. The number of hydrogen-bond acceptors (Lipinski definition) is 0. The van der Waals surface area contributed by atoms with E-state index in [1.165, 1.54) is 35.1 Å². The highest BCUT2D eigenvalue weighted by atomic mass is 14.2. The zero-order valence-electron chi connectivity index (χ0n) is 12.0. The molecule has 2 rings (SSSR count). The van der Waals surface area contributed by atoms with Gasteiger partial charge in [-0.1, -0.05) is 56.7 Å². The topological polar surface area (TPSA) is 0 Å². The Morgan fingerprint density at radius 3 is 2.50 bits per heavy atom. The van der Waals surface area contributed by atoms with Gasteiger partial charge >= 0.3 is 0 Å².